The van der Waals surface area contributed by atoms with Crippen molar-refractivity contribution in [2.75, 3.05) is 13.1 Å². The number of fused-ring (bicyclic) bond motifs is 1. The molecule has 7 heteroatoms. The Bertz CT molecular complexity index is 1350. The molecule has 2 fully saturated rings. The van der Waals surface area contributed by atoms with Gasteiger partial charge in [-0.15, -0.1) is 0 Å². The van der Waals surface area contributed by atoms with Crippen molar-refractivity contribution in [3.8, 4) is 22.8 Å². The summed E-state index contributed by atoms with van der Waals surface area (Å²) in [6.45, 7) is 2.37. The minimum absolute atomic E-state index is 0.0419. The molecule has 0 radical (unpaired) electrons. The first kappa shape index (κ1) is 21.1. The van der Waals surface area contributed by atoms with E-state index in [1.54, 1.807) is 6.20 Å². The first-order chi connectivity index (χ1) is 16.6. The molecule has 2 aliphatic rings. The van der Waals surface area contributed by atoms with Gasteiger partial charge in [0, 0.05) is 56.2 Å². The SMILES string of the molecule is Cn1c(-c2ccc(-c3cccnc3)n2CC2CC2)nc2cc(C(=O)N3CCC[C@@H](N)C3)ccc21. The maximum absolute atomic E-state index is 13.1. The number of piperidine rings is 1. The van der Waals surface area contributed by atoms with Crippen LogP contribution in [-0.2, 0) is 13.6 Å². The standard InChI is InChI=1S/C27H30N6O/c1-31-24-9-8-19(27(34)32-13-3-5-21(28)17-32)14-22(24)30-26(31)25-11-10-23(20-4-2-12-29-15-20)33(25)16-18-6-7-18/h2,4,8-12,14-15,18,21H,3,5-7,13,16-17,28H2,1H3/t21-/m1/s1. The number of benzene rings is 1. The number of rotatable bonds is 5. The van der Waals surface area contributed by atoms with Crippen molar-refractivity contribution < 1.29 is 4.79 Å². The number of nitrogens with two attached hydrogens (primary N) is 1. The highest BCUT2D eigenvalue weighted by atomic mass is 16.2. The molecule has 2 N–H and O–H groups in total. The lowest BCUT2D eigenvalue weighted by atomic mass is 10.1. The Kier molecular flexibility index (Phi) is 5.21. The maximum Gasteiger partial charge on any atom is 0.253 e. The van der Waals surface area contributed by atoms with Crippen molar-refractivity contribution in [2.45, 2.75) is 38.3 Å². The minimum Gasteiger partial charge on any atom is -0.338 e. The summed E-state index contributed by atoms with van der Waals surface area (Å²) < 4.78 is 4.52. The molecule has 1 atom stereocenters. The Morgan fingerprint density at radius 3 is 2.74 bits per heavy atom. The zero-order valence-corrected chi connectivity index (χ0v) is 19.5. The largest absolute Gasteiger partial charge is 0.338 e. The molecule has 174 valence electrons. The molecule has 3 aromatic heterocycles. The van der Waals surface area contributed by atoms with Crippen LogP contribution in [0.15, 0.2) is 54.9 Å². The fourth-order valence-electron chi connectivity index (χ4n) is 5.12. The van der Waals surface area contributed by atoms with E-state index in [1.165, 1.54) is 18.5 Å². The van der Waals surface area contributed by atoms with Crippen LogP contribution < -0.4 is 5.73 Å². The molecule has 34 heavy (non-hydrogen) atoms. The molecule has 4 heterocycles. The van der Waals surface area contributed by atoms with Crippen LogP contribution in [0.1, 0.15) is 36.0 Å². The van der Waals surface area contributed by atoms with Gasteiger partial charge in [0.25, 0.3) is 5.91 Å². The van der Waals surface area contributed by atoms with Crippen LogP contribution in [0.3, 0.4) is 0 Å². The van der Waals surface area contributed by atoms with Gasteiger partial charge in [-0.2, -0.15) is 0 Å². The quantitative estimate of drug-likeness (QED) is 0.493. The van der Waals surface area contributed by atoms with Crippen LogP contribution in [0.4, 0.5) is 0 Å². The van der Waals surface area contributed by atoms with Crippen LogP contribution in [0.2, 0.25) is 0 Å². The van der Waals surface area contributed by atoms with Crippen molar-refractivity contribution in [3.63, 3.8) is 0 Å². The summed E-state index contributed by atoms with van der Waals surface area (Å²) in [6.07, 6.45) is 8.22. The molecule has 1 saturated heterocycles. The predicted molar refractivity (Wildman–Crippen MR) is 133 cm³/mol. The maximum atomic E-state index is 13.1. The van der Waals surface area contributed by atoms with Crippen molar-refractivity contribution in [3.05, 3.63) is 60.4 Å². The summed E-state index contributed by atoms with van der Waals surface area (Å²) in [5, 5.41) is 0. The number of imidazole rings is 1. The van der Waals surface area contributed by atoms with Crippen molar-refractivity contribution >= 4 is 16.9 Å². The number of likely N-dealkylation sites (tertiary alicyclic amines) is 1. The zero-order valence-electron chi connectivity index (χ0n) is 19.5. The van der Waals surface area contributed by atoms with E-state index in [9.17, 15) is 4.79 Å². The summed E-state index contributed by atoms with van der Waals surface area (Å²) >= 11 is 0. The molecule has 7 nitrogen and oxygen atoms in total. The van der Waals surface area contributed by atoms with Gasteiger partial charge in [-0.05, 0) is 74.1 Å². The Labute approximate surface area is 199 Å². The summed E-state index contributed by atoms with van der Waals surface area (Å²) in [5.41, 5.74) is 12.0. The highest BCUT2D eigenvalue weighted by molar-refractivity contribution is 5.98. The summed E-state index contributed by atoms with van der Waals surface area (Å²) in [5.74, 6) is 1.67. The summed E-state index contributed by atoms with van der Waals surface area (Å²) in [7, 11) is 2.05. The van der Waals surface area contributed by atoms with Gasteiger partial charge in [-0.1, -0.05) is 0 Å². The lowest BCUT2D eigenvalue weighted by Crippen LogP contribution is -2.45. The van der Waals surface area contributed by atoms with Gasteiger partial charge < -0.3 is 19.8 Å². The third-order valence-electron chi connectivity index (χ3n) is 7.18. The molecular formula is C27H30N6O. The van der Waals surface area contributed by atoms with Crippen LogP contribution >= 0.6 is 0 Å². The molecule has 1 amide bonds. The smallest absolute Gasteiger partial charge is 0.253 e. The minimum atomic E-state index is 0.0419. The lowest BCUT2D eigenvalue weighted by molar-refractivity contribution is 0.0709. The number of nitrogens with zero attached hydrogens (tertiary/aromatic N) is 5. The first-order valence-corrected chi connectivity index (χ1v) is 12.2. The second-order valence-corrected chi connectivity index (χ2v) is 9.75. The van der Waals surface area contributed by atoms with Gasteiger partial charge in [-0.3, -0.25) is 9.78 Å². The number of amides is 1. The van der Waals surface area contributed by atoms with E-state index in [1.807, 2.05) is 42.4 Å². The van der Waals surface area contributed by atoms with E-state index in [0.29, 0.717) is 12.1 Å². The number of aryl methyl sites for hydroxylation is 1. The number of pyridine rings is 1. The zero-order chi connectivity index (χ0) is 23.2. The van der Waals surface area contributed by atoms with E-state index in [2.05, 4.69) is 32.3 Å². The van der Waals surface area contributed by atoms with E-state index >= 15 is 0 Å². The van der Waals surface area contributed by atoms with E-state index in [0.717, 1.165) is 60.0 Å². The van der Waals surface area contributed by atoms with Gasteiger partial charge in [-0.25, -0.2) is 4.98 Å². The topological polar surface area (TPSA) is 82.0 Å². The Hall–Kier alpha value is -3.45. The fraction of sp³-hybridized carbons (Fsp3) is 0.370. The van der Waals surface area contributed by atoms with Gasteiger partial charge in [0.05, 0.1) is 22.4 Å². The van der Waals surface area contributed by atoms with Gasteiger partial charge in [0.1, 0.15) is 0 Å². The molecule has 1 aromatic carbocycles. The summed E-state index contributed by atoms with van der Waals surface area (Å²) in [4.78, 5) is 24.3. The third kappa shape index (κ3) is 3.80. The normalized spacial score (nSPS) is 18.5. The second-order valence-electron chi connectivity index (χ2n) is 9.75. The van der Waals surface area contributed by atoms with E-state index in [4.69, 9.17) is 10.7 Å². The van der Waals surface area contributed by atoms with Gasteiger partial charge in [0.2, 0.25) is 0 Å². The number of aromatic nitrogens is 4. The van der Waals surface area contributed by atoms with Crippen molar-refractivity contribution in [1.82, 2.24) is 24.0 Å². The fourth-order valence-corrected chi connectivity index (χ4v) is 5.12. The predicted octanol–water partition coefficient (Wildman–Crippen LogP) is 4.08. The van der Waals surface area contributed by atoms with Gasteiger partial charge >= 0.3 is 0 Å². The number of hydrogen-bond acceptors (Lipinski definition) is 4. The molecule has 1 saturated carbocycles. The Morgan fingerprint density at radius 1 is 1.12 bits per heavy atom. The third-order valence-corrected chi connectivity index (χ3v) is 7.18. The number of hydrogen-bond donors (Lipinski definition) is 1. The molecule has 1 aliphatic heterocycles. The molecular weight excluding hydrogens is 424 g/mol. The molecule has 4 aromatic rings. The van der Waals surface area contributed by atoms with Crippen LogP contribution in [0, 0.1) is 5.92 Å². The van der Waals surface area contributed by atoms with Crippen LogP contribution in [0.25, 0.3) is 33.8 Å². The second kappa shape index (κ2) is 8.40. The Balaban J connectivity index is 1.39. The van der Waals surface area contributed by atoms with E-state index in [-0.39, 0.29) is 11.9 Å². The monoisotopic (exact) mass is 454 g/mol. The van der Waals surface area contributed by atoms with Crippen molar-refractivity contribution in [1.29, 1.82) is 0 Å². The van der Waals surface area contributed by atoms with E-state index < -0.39 is 0 Å². The summed E-state index contributed by atoms with van der Waals surface area (Å²) in [6, 6.07) is 14.3. The molecule has 6 rings (SSSR count). The molecule has 0 spiro atoms. The first-order valence-electron chi connectivity index (χ1n) is 12.2. The van der Waals surface area contributed by atoms with Crippen molar-refractivity contribution in [2.24, 2.45) is 18.7 Å². The lowest BCUT2D eigenvalue weighted by Gasteiger charge is -2.30. The number of carbonyl (C=O) groups is 1. The number of carbonyl (C=O) groups excluding carboxylic acids is 1. The van der Waals surface area contributed by atoms with Gasteiger partial charge in [0.15, 0.2) is 5.82 Å². The Morgan fingerprint density at radius 2 is 1.97 bits per heavy atom. The highest BCUT2D eigenvalue weighted by Crippen LogP contribution is 2.36. The average molecular weight is 455 g/mol. The molecule has 0 bridgehead atoms. The van der Waals surface area contributed by atoms with Crippen LogP contribution in [0.5, 0.6) is 0 Å². The average Bonchev–Trinajstić information content (AvgIpc) is 3.50. The molecule has 0 unspecified atom stereocenters. The van der Waals surface area contributed by atoms with Crippen LogP contribution in [-0.4, -0.2) is 49.0 Å². The molecule has 1 aliphatic carbocycles. The highest BCUT2D eigenvalue weighted by Gasteiger charge is 2.26.